The Kier molecular flexibility index (Phi) is 8.36. The normalized spacial score (nSPS) is 13.9. The molecule has 0 radical (unpaired) electrons. The van der Waals surface area contributed by atoms with Gasteiger partial charge in [0.1, 0.15) is 0 Å². The first-order valence-electron chi connectivity index (χ1n) is 9.61. The highest BCUT2D eigenvalue weighted by Gasteiger charge is 2.38. The van der Waals surface area contributed by atoms with Gasteiger partial charge in [-0.05, 0) is 42.4 Å². The van der Waals surface area contributed by atoms with Gasteiger partial charge in [-0.15, -0.1) is 11.8 Å². The van der Waals surface area contributed by atoms with Crippen LogP contribution in [0, 0.1) is 5.39 Å². The lowest BCUT2D eigenvalue weighted by atomic mass is 9.94. The molecule has 0 fully saturated rings. The Bertz CT molecular complexity index is 1150. The number of benzene rings is 1. The van der Waals surface area contributed by atoms with Crippen molar-refractivity contribution in [1.29, 1.82) is 5.39 Å². The Hall–Kier alpha value is -2.96. The van der Waals surface area contributed by atoms with Gasteiger partial charge in [0.15, 0.2) is 16.2 Å². The first-order valence-corrected chi connectivity index (χ1v) is 10.8. The van der Waals surface area contributed by atoms with E-state index < -0.39 is 6.04 Å². The molecule has 10 heteroatoms. The van der Waals surface area contributed by atoms with E-state index in [4.69, 9.17) is 14.2 Å². The molecule has 0 saturated heterocycles. The Balaban J connectivity index is 0.00000363. The van der Waals surface area contributed by atoms with E-state index in [0.29, 0.717) is 45.7 Å². The minimum absolute atomic E-state index is 0. The number of thioether (sulfide) groups is 1. The van der Waals surface area contributed by atoms with Gasteiger partial charge in [0.2, 0.25) is 17.0 Å². The summed E-state index contributed by atoms with van der Waals surface area (Å²) < 4.78 is 16.8. The summed E-state index contributed by atoms with van der Waals surface area (Å²) in [4.78, 5) is 28.8. The first kappa shape index (κ1) is 25.3. The van der Waals surface area contributed by atoms with E-state index >= 15 is 0 Å². The van der Waals surface area contributed by atoms with Crippen molar-refractivity contribution in [3.63, 3.8) is 0 Å². The van der Waals surface area contributed by atoms with Gasteiger partial charge in [-0.25, -0.2) is 0 Å². The molecule has 1 atom stereocenters. The van der Waals surface area contributed by atoms with Gasteiger partial charge < -0.3 is 31.9 Å². The number of nitrogens with zero attached hydrogens (tertiary/aromatic N) is 2. The van der Waals surface area contributed by atoms with Crippen LogP contribution in [0.1, 0.15) is 30.5 Å². The summed E-state index contributed by atoms with van der Waals surface area (Å²) in [5.41, 5.74) is 2.75. The monoisotopic (exact) mass is 477 g/mol. The average molecular weight is 478 g/mol. The van der Waals surface area contributed by atoms with E-state index in [9.17, 15) is 15.0 Å². The minimum Gasteiger partial charge on any atom is -1.00 e. The summed E-state index contributed by atoms with van der Waals surface area (Å²) in [6.07, 6.45) is 2.76. The van der Waals surface area contributed by atoms with E-state index in [1.807, 2.05) is 12.3 Å². The molecule has 0 spiro atoms. The fourth-order valence-electron chi connectivity index (χ4n) is 4.07. The SMILES string of the molecule is COc1c([N+]#N)c2c(c(OC)c1OC)-c1ccc(SC)c(=O)cc1[C@@H](NC(C)=O)CC2.[Cl-]. The molecule has 8 nitrogen and oxygen atoms in total. The number of rotatable bonds is 5. The second-order valence-corrected chi connectivity index (χ2v) is 7.82. The Morgan fingerprint density at radius 2 is 1.81 bits per heavy atom. The maximum Gasteiger partial charge on any atom is 0.434 e. The van der Waals surface area contributed by atoms with Crippen molar-refractivity contribution in [2.24, 2.45) is 0 Å². The molecular formula is C22H24ClN3O5S. The lowest BCUT2D eigenvalue weighted by Gasteiger charge is -2.18. The van der Waals surface area contributed by atoms with E-state index in [0.717, 1.165) is 0 Å². The van der Waals surface area contributed by atoms with Crippen molar-refractivity contribution in [2.45, 2.75) is 30.7 Å². The van der Waals surface area contributed by atoms with Gasteiger partial charge in [-0.2, -0.15) is 0 Å². The summed E-state index contributed by atoms with van der Waals surface area (Å²) in [6.45, 7) is 1.44. The molecule has 0 saturated carbocycles. The topological polar surface area (TPSA) is 102 Å². The van der Waals surface area contributed by atoms with Gasteiger partial charge in [0.05, 0.1) is 37.8 Å². The fraction of sp³-hybridized carbons (Fsp3) is 0.364. The van der Waals surface area contributed by atoms with Gasteiger partial charge in [0, 0.05) is 12.5 Å². The Labute approximate surface area is 196 Å². The number of carbonyl (C=O) groups is 1. The highest BCUT2D eigenvalue weighted by Crippen LogP contribution is 2.55. The van der Waals surface area contributed by atoms with Crippen LogP contribution in [0.4, 0.5) is 5.69 Å². The molecule has 0 heterocycles. The van der Waals surface area contributed by atoms with Crippen LogP contribution in [0.15, 0.2) is 27.9 Å². The molecule has 32 heavy (non-hydrogen) atoms. The number of halogens is 1. The van der Waals surface area contributed by atoms with Crippen LogP contribution in [0.25, 0.3) is 16.1 Å². The summed E-state index contributed by atoms with van der Waals surface area (Å²) in [6, 6.07) is 4.72. The number of diazo groups is 1. The number of carbonyl (C=O) groups excluding carboxylic acids is 1. The largest absolute Gasteiger partial charge is 1.00 e. The number of hydrogen-bond donors (Lipinski definition) is 1. The second kappa shape index (κ2) is 10.6. The second-order valence-electron chi connectivity index (χ2n) is 6.97. The Morgan fingerprint density at radius 3 is 2.34 bits per heavy atom. The molecule has 1 aliphatic rings. The Morgan fingerprint density at radius 1 is 1.16 bits per heavy atom. The summed E-state index contributed by atoms with van der Waals surface area (Å²) in [5, 5.41) is 12.8. The van der Waals surface area contributed by atoms with Gasteiger partial charge in [-0.1, -0.05) is 6.07 Å². The number of hydrogen-bond acceptors (Lipinski definition) is 7. The predicted molar refractivity (Wildman–Crippen MR) is 119 cm³/mol. The van der Waals surface area contributed by atoms with Gasteiger partial charge in [-0.3, -0.25) is 9.59 Å². The molecule has 0 aliphatic heterocycles. The molecule has 170 valence electrons. The molecule has 1 N–H and O–H groups in total. The number of nitrogens with one attached hydrogen (secondary N) is 1. The molecule has 3 rings (SSSR count). The lowest BCUT2D eigenvalue weighted by Crippen LogP contribution is -3.00. The number of methoxy groups -OCH3 is 3. The van der Waals surface area contributed by atoms with Crippen LogP contribution in [-0.2, 0) is 11.2 Å². The van der Waals surface area contributed by atoms with Crippen molar-refractivity contribution >= 4 is 23.4 Å². The minimum atomic E-state index is -0.414. The highest BCUT2D eigenvalue weighted by molar-refractivity contribution is 7.98. The first-order chi connectivity index (χ1) is 14.9. The van der Waals surface area contributed by atoms with Crippen molar-refractivity contribution in [2.75, 3.05) is 27.6 Å². The van der Waals surface area contributed by atoms with Crippen molar-refractivity contribution in [3.05, 3.63) is 44.5 Å². The number of amides is 1. The number of ether oxygens (including phenoxy) is 3. The molecule has 2 aromatic rings. The molecule has 0 unspecified atom stereocenters. The molecule has 0 aromatic heterocycles. The lowest BCUT2D eigenvalue weighted by molar-refractivity contribution is -0.119. The van der Waals surface area contributed by atoms with E-state index in [1.54, 1.807) is 12.1 Å². The third-order valence-electron chi connectivity index (χ3n) is 5.32. The van der Waals surface area contributed by atoms with Crippen molar-refractivity contribution < 1.29 is 31.4 Å². The summed E-state index contributed by atoms with van der Waals surface area (Å²) in [5.74, 6) is 0.713. The van der Waals surface area contributed by atoms with Crippen LogP contribution < -0.4 is 37.4 Å². The molecule has 2 aromatic carbocycles. The van der Waals surface area contributed by atoms with Crippen molar-refractivity contribution in [1.82, 2.24) is 5.32 Å². The fourth-order valence-corrected chi connectivity index (χ4v) is 4.54. The van der Waals surface area contributed by atoms with Crippen LogP contribution in [-0.4, -0.2) is 33.5 Å². The van der Waals surface area contributed by atoms with E-state index in [2.05, 4.69) is 10.3 Å². The van der Waals surface area contributed by atoms with Crippen LogP contribution in [0.3, 0.4) is 0 Å². The van der Waals surface area contributed by atoms with Gasteiger partial charge >= 0.3 is 5.69 Å². The summed E-state index contributed by atoms with van der Waals surface area (Å²) in [7, 11) is 4.44. The van der Waals surface area contributed by atoms with E-state index in [1.165, 1.54) is 40.0 Å². The standard InChI is InChI=1S/C22H23N3O5S.ClH/c1-11(26)24-15-8-6-13-18(12-7-9-17(31-5)16(27)10-14(12)15)20(28-2)22(30-4)21(29-3)19(13)25-23;/h7,9-10,15H,6,8H2,1-5H3;1H/t15-;/m0./s1. The zero-order valence-electron chi connectivity index (χ0n) is 18.4. The quantitative estimate of drug-likeness (QED) is 0.507. The number of fused-ring (bicyclic) bond motifs is 3. The summed E-state index contributed by atoms with van der Waals surface area (Å²) >= 11 is 1.35. The third-order valence-corrected chi connectivity index (χ3v) is 6.10. The molecule has 1 amide bonds. The smallest absolute Gasteiger partial charge is 0.434 e. The third kappa shape index (κ3) is 4.33. The van der Waals surface area contributed by atoms with E-state index in [-0.39, 0.29) is 40.9 Å². The maximum absolute atomic E-state index is 12.8. The average Bonchev–Trinajstić information content (AvgIpc) is 3.00. The molecule has 0 bridgehead atoms. The molecular weight excluding hydrogens is 454 g/mol. The zero-order valence-corrected chi connectivity index (χ0v) is 20.0. The maximum atomic E-state index is 12.8. The zero-order chi connectivity index (χ0) is 22.7. The highest BCUT2D eigenvalue weighted by atomic mass is 35.5. The molecule has 1 aliphatic carbocycles. The van der Waals surface area contributed by atoms with Crippen LogP contribution >= 0.6 is 11.8 Å². The van der Waals surface area contributed by atoms with Gasteiger partial charge in [0.25, 0.3) is 5.75 Å². The van der Waals surface area contributed by atoms with Crippen molar-refractivity contribution in [3.8, 4) is 28.4 Å². The van der Waals surface area contributed by atoms with Crippen LogP contribution in [0.5, 0.6) is 17.2 Å². The van der Waals surface area contributed by atoms with Crippen LogP contribution in [0.2, 0.25) is 0 Å². The predicted octanol–water partition coefficient (Wildman–Crippen LogP) is 1.07.